The normalized spacial score (nSPS) is 10.3. The predicted octanol–water partition coefficient (Wildman–Crippen LogP) is 3.88. The van der Waals surface area contributed by atoms with Gasteiger partial charge in [0.05, 0.1) is 5.56 Å². The number of carbonyl (C=O) groups is 3. The number of ketones is 1. The van der Waals surface area contributed by atoms with E-state index in [1.54, 1.807) is 30.3 Å². The van der Waals surface area contributed by atoms with E-state index in [9.17, 15) is 19.5 Å². The lowest BCUT2D eigenvalue weighted by Gasteiger charge is -2.11. The lowest BCUT2D eigenvalue weighted by molar-refractivity contribution is 0.0693. The van der Waals surface area contributed by atoms with Crippen LogP contribution in [0.5, 0.6) is 5.75 Å². The molecule has 6 nitrogen and oxygen atoms in total. The van der Waals surface area contributed by atoms with Crippen LogP contribution in [0, 0.1) is 6.92 Å². The highest BCUT2D eigenvalue weighted by molar-refractivity contribution is 6.17. The van der Waals surface area contributed by atoms with Crippen LogP contribution in [0.2, 0.25) is 0 Å². The van der Waals surface area contributed by atoms with Gasteiger partial charge in [0, 0.05) is 16.8 Å². The molecule has 3 N–H and O–H groups in total. The van der Waals surface area contributed by atoms with E-state index in [-0.39, 0.29) is 28.2 Å². The molecule has 0 heterocycles. The van der Waals surface area contributed by atoms with Crippen LogP contribution in [0.15, 0.2) is 66.7 Å². The van der Waals surface area contributed by atoms with Gasteiger partial charge in [-0.05, 0) is 31.2 Å². The summed E-state index contributed by atoms with van der Waals surface area (Å²) in [5.74, 6) is -2.57. The fourth-order valence-electron chi connectivity index (χ4n) is 2.72. The summed E-state index contributed by atoms with van der Waals surface area (Å²) < 4.78 is 0. The average Bonchev–Trinajstić information content (AvgIpc) is 2.69. The zero-order chi connectivity index (χ0) is 20.3. The molecule has 0 aromatic heterocycles. The highest BCUT2D eigenvalue weighted by Gasteiger charge is 2.19. The smallest absolute Gasteiger partial charge is 0.339 e. The molecule has 0 unspecified atom stereocenters. The summed E-state index contributed by atoms with van der Waals surface area (Å²) in [4.78, 5) is 36.7. The predicted molar refractivity (Wildman–Crippen MR) is 104 cm³/mol. The third-order valence-electron chi connectivity index (χ3n) is 4.21. The van der Waals surface area contributed by atoms with Crippen LogP contribution in [0.1, 0.15) is 42.2 Å². The molecule has 0 bridgehead atoms. The van der Waals surface area contributed by atoms with Gasteiger partial charge in [-0.15, -0.1) is 0 Å². The molecule has 6 heteroatoms. The van der Waals surface area contributed by atoms with Gasteiger partial charge in [-0.1, -0.05) is 48.0 Å². The molecule has 0 aliphatic carbocycles. The third-order valence-corrected chi connectivity index (χ3v) is 4.21. The first kappa shape index (κ1) is 18.8. The molecule has 0 radical (unpaired) electrons. The largest absolute Gasteiger partial charge is 0.507 e. The maximum atomic E-state index is 12.8. The van der Waals surface area contributed by atoms with E-state index in [2.05, 4.69) is 5.32 Å². The van der Waals surface area contributed by atoms with E-state index < -0.39 is 17.6 Å². The number of aryl methyl sites for hydroxylation is 1. The highest BCUT2D eigenvalue weighted by Crippen LogP contribution is 2.23. The first-order valence-corrected chi connectivity index (χ1v) is 8.45. The van der Waals surface area contributed by atoms with Gasteiger partial charge in [0.25, 0.3) is 5.91 Å². The lowest BCUT2D eigenvalue weighted by Crippen LogP contribution is -2.17. The fourth-order valence-corrected chi connectivity index (χ4v) is 2.72. The number of benzene rings is 3. The Hall–Kier alpha value is -3.93. The molecule has 28 heavy (non-hydrogen) atoms. The molecule has 0 spiro atoms. The Kier molecular flexibility index (Phi) is 5.22. The number of phenols is 1. The van der Waals surface area contributed by atoms with Crippen molar-refractivity contribution in [1.82, 2.24) is 0 Å². The number of carbonyl (C=O) groups excluding carboxylic acids is 2. The second-order valence-corrected chi connectivity index (χ2v) is 6.23. The van der Waals surface area contributed by atoms with E-state index in [1.807, 2.05) is 19.1 Å². The van der Waals surface area contributed by atoms with Crippen molar-refractivity contribution in [3.63, 3.8) is 0 Å². The molecule has 0 fully saturated rings. The summed E-state index contributed by atoms with van der Waals surface area (Å²) in [7, 11) is 0. The number of hydrogen-bond acceptors (Lipinski definition) is 4. The van der Waals surface area contributed by atoms with Gasteiger partial charge in [0.2, 0.25) is 0 Å². The second kappa shape index (κ2) is 7.75. The van der Waals surface area contributed by atoms with Crippen LogP contribution >= 0.6 is 0 Å². The fraction of sp³-hybridized carbons (Fsp3) is 0.0455. The van der Waals surface area contributed by atoms with Crippen LogP contribution in [0.3, 0.4) is 0 Å². The van der Waals surface area contributed by atoms with Gasteiger partial charge >= 0.3 is 5.97 Å². The summed E-state index contributed by atoms with van der Waals surface area (Å²) in [6, 6.07) is 17.1. The van der Waals surface area contributed by atoms with Crippen molar-refractivity contribution in [2.75, 3.05) is 5.32 Å². The van der Waals surface area contributed by atoms with E-state index in [4.69, 9.17) is 5.11 Å². The van der Waals surface area contributed by atoms with Gasteiger partial charge in [-0.2, -0.15) is 0 Å². The zero-order valence-electron chi connectivity index (χ0n) is 15.0. The molecule has 0 aliphatic heterocycles. The van der Waals surface area contributed by atoms with Gasteiger partial charge < -0.3 is 15.5 Å². The minimum absolute atomic E-state index is 0.165. The lowest BCUT2D eigenvalue weighted by atomic mass is 9.97. The minimum atomic E-state index is -1.32. The molecule has 3 aromatic carbocycles. The Bertz CT molecular complexity index is 1070. The maximum Gasteiger partial charge on any atom is 0.339 e. The van der Waals surface area contributed by atoms with Crippen molar-refractivity contribution in [3.05, 3.63) is 94.5 Å². The number of aromatic carboxylic acids is 1. The summed E-state index contributed by atoms with van der Waals surface area (Å²) in [6.07, 6.45) is 0. The number of nitrogens with one attached hydrogen (secondary N) is 1. The van der Waals surface area contributed by atoms with Crippen molar-refractivity contribution in [2.24, 2.45) is 0 Å². The first-order chi connectivity index (χ1) is 13.4. The van der Waals surface area contributed by atoms with Crippen LogP contribution in [-0.2, 0) is 0 Å². The van der Waals surface area contributed by atoms with Crippen molar-refractivity contribution < 1.29 is 24.6 Å². The molecular weight excluding hydrogens is 358 g/mol. The third kappa shape index (κ3) is 3.91. The number of anilines is 1. The summed E-state index contributed by atoms with van der Waals surface area (Å²) in [6.45, 7) is 1.92. The first-order valence-electron chi connectivity index (χ1n) is 8.45. The minimum Gasteiger partial charge on any atom is -0.507 e. The van der Waals surface area contributed by atoms with E-state index in [1.165, 1.54) is 18.2 Å². The second-order valence-electron chi connectivity index (χ2n) is 6.23. The topological polar surface area (TPSA) is 104 Å². The molecule has 0 saturated carbocycles. The Morgan fingerprint density at radius 2 is 1.46 bits per heavy atom. The van der Waals surface area contributed by atoms with E-state index in [0.717, 1.165) is 11.6 Å². The molecule has 140 valence electrons. The Balaban J connectivity index is 1.91. The molecule has 0 aliphatic rings. The molecule has 0 saturated heterocycles. The van der Waals surface area contributed by atoms with Gasteiger partial charge in [-0.3, -0.25) is 9.59 Å². The van der Waals surface area contributed by atoms with E-state index in [0.29, 0.717) is 5.56 Å². The maximum absolute atomic E-state index is 12.8. The quantitative estimate of drug-likeness (QED) is 0.464. The van der Waals surface area contributed by atoms with Crippen LogP contribution in [-0.4, -0.2) is 27.9 Å². The molecule has 0 atom stereocenters. The highest BCUT2D eigenvalue weighted by atomic mass is 16.4. The number of carboxylic acids is 1. The Morgan fingerprint density at radius 1 is 0.821 bits per heavy atom. The monoisotopic (exact) mass is 375 g/mol. The molecule has 1 amide bonds. The van der Waals surface area contributed by atoms with Gasteiger partial charge in [0.15, 0.2) is 5.78 Å². The zero-order valence-corrected chi connectivity index (χ0v) is 15.0. The standard InChI is InChI=1S/C22H17NO5/c1-13-6-8-14(9-7-13)20(25)16-4-2-3-5-17(16)21(26)23-15-10-11-19(24)18(12-15)22(27)28/h2-12,24H,1H3,(H,23,26)(H,27,28). The van der Waals surface area contributed by atoms with E-state index >= 15 is 0 Å². The number of rotatable bonds is 5. The number of carboxylic acid groups (broad SMARTS) is 1. The molecule has 3 rings (SSSR count). The molecule has 3 aromatic rings. The molecular formula is C22H17NO5. The van der Waals surface area contributed by atoms with Crippen molar-refractivity contribution >= 4 is 23.3 Å². The van der Waals surface area contributed by atoms with Crippen molar-refractivity contribution in [3.8, 4) is 5.75 Å². The number of hydrogen-bond donors (Lipinski definition) is 3. The summed E-state index contributed by atoms with van der Waals surface area (Å²) in [5, 5.41) is 21.2. The van der Waals surface area contributed by atoms with Crippen LogP contribution < -0.4 is 5.32 Å². The SMILES string of the molecule is Cc1ccc(C(=O)c2ccccc2C(=O)Nc2ccc(O)c(C(=O)O)c2)cc1. The summed E-state index contributed by atoms with van der Waals surface area (Å²) >= 11 is 0. The van der Waals surface area contributed by atoms with Crippen molar-refractivity contribution in [1.29, 1.82) is 0 Å². The summed E-state index contributed by atoms with van der Waals surface area (Å²) in [5.41, 5.74) is 1.74. The number of aromatic hydroxyl groups is 1. The van der Waals surface area contributed by atoms with Crippen LogP contribution in [0.4, 0.5) is 5.69 Å². The van der Waals surface area contributed by atoms with Crippen molar-refractivity contribution in [2.45, 2.75) is 6.92 Å². The average molecular weight is 375 g/mol. The van der Waals surface area contributed by atoms with Crippen LogP contribution in [0.25, 0.3) is 0 Å². The Labute approximate surface area is 161 Å². The van der Waals surface area contributed by atoms with Gasteiger partial charge in [0.1, 0.15) is 11.3 Å². The number of amides is 1. The Morgan fingerprint density at radius 3 is 2.11 bits per heavy atom. The van der Waals surface area contributed by atoms with Gasteiger partial charge in [-0.25, -0.2) is 4.79 Å².